The van der Waals surface area contributed by atoms with Crippen LogP contribution in [0.2, 0.25) is 0 Å². The van der Waals surface area contributed by atoms with Crippen molar-refractivity contribution in [1.29, 1.82) is 0 Å². The number of nitrogens with one attached hydrogen (secondary N) is 1. The van der Waals surface area contributed by atoms with Crippen molar-refractivity contribution in [2.24, 2.45) is 0 Å². The maximum Gasteiger partial charge on any atom is 0.121 e. The minimum atomic E-state index is 0.857. The molecule has 0 unspecified atom stereocenters. The Morgan fingerprint density at radius 1 is 1.41 bits per heavy atom. The smallest absolute Gasteiger partial charge is 0.121 e. The van der Waals surface area contributed by atoms with Gasteiger partial charge >= 0.3 is 0 Å². The molecule has 0 saturated heterocycles. The fourth-order valence-electron chi connectivity index (χ4n) is 2.21. The van der Waals surface area contributed by atoms with Gasteiger partial charge in [0.15, 0.2) is 0 Å². The summed E-state index contributed by atoms with van der Waals surface area (Å²) in [6, 6.07) is 7.97. The number of methoxy groups -OCH3 is 1. The molecule has 0 amide bonds. The molecule has 88 valence electrons. The lowest BCUT2D eigenvalue weighted by Crippen LogP contribution is -2.13. The summed E-state index contributed by atoms with van der Waals surface area (Å²) in [5, 5.41) is 7.81. The molecule has 1 aliphatic heterocycles. The topological polar surface area (TPSA) is 39.1 Å². The zero-order valence-corrected chi connectivity index (χ0v) is 9.81. The Hall–Kier alpha value is -1.97. The molecule has 17 heavy (non-hydrogen) atoms. The first-order valence-corrected chi connectivity index (χ1v) is 5.83. The third-order valence-electron chi connectivity index (χ3n) is 3.07. The Morgan fingerprint density at radius 3 is 3.24 bits per heavy atom. The lowest BCUT2D eigenvalue weighted by atomic mass is 10.1. The largest absolute Gasteiger partial charge is 0.497 e. The van der Waals surface area contributed by atoms with Gasteiger partial charge in [-0.1, -0.05) is 6.07 Å². The zero-order chi connectivity index (χ0) is 11.7. The Kier molecular flexibility index (Phi) is 2.48. The highest BCUT2D eigenvalue weighted by Gasteiger charge is 2.15. The SMILES string of the molecule is COc1cccc(-n2ncc3c2CCCN3)c1. The summed E-state index contributed by atoms with van der Waals surface area (Å²) in [6.45, 7) is 1.04. The van der Waals surface area contributed by atoms with Crippen LogP contribution < -0.4 is 10.1 Å². The number of hydrogen-bond acceptors (Lipinski definition) is 3. The number of anilines is 1. The van der Waals surface area contributed by atoms with E-state index in [0.29, 0.717) is 0 Å². The van der Waals surface area contributed by atoms with E-state index >= 15 is 0 Å². The predicted molar refractivity (Wildman–Crippen MR) is 66.9 cm³/mol. The van der Waals surface area contributed by atoms with Crippen LogP contribution in [-0.4, -0.2) is 23.4 Å². The fraction of sp³-hybridized carbons (Fsp3) is 0.308. The number of hydrogen-bond donors (Lipinski definition) is 1. The van der Waals surface area contributed by atoms with Gasteiger partial charge in [0, 0.05) is 12.6 Å². The molecule has 0 atom stereocenters. The summed E-state index contributed by atoms with van der Waals surface area (Å²) < 4.78 is 7.23. The molecule has 0 fully saturated rings. The van der Waals surface area contributed by atoms with Crippen LogP contribution in [0.5, 0.6) is 5.75 Å². The van der Waals surface area contributed by atoms with E-state index in [4.69, 9.17) is 4.74 Å². The standard InChI is InChI=1S/C13H15N3O/c1-17-11-5-2-4-10(8-11)16-13-6-3-7-14-12(13)9-15-16/h2,4-5,8-9,14H,3,6-7H2,1H3. The Morgan fingerprint density at radius 2 is 2.35 bits per heavy atom. The molecule has 1 aromatic heterocycles. The molecule has 1 aliphatic rings. The summed E-state index contributed by atoms with van der Waals surface area (Å²) in [7, 11) is 1.68. The Bertz CT molecular complexity index is 533. The minimum Gasteiger partial charge on any atom is -0.497 e. The molecule has 0 aliphatic carbocycles. The molecule has 4 heteroatoms. The fourth-order valence-corrected chi connectivity index (χ4v) is 2.21. The van der Waals surface area contributed by atoms with Crippen LogP contribution in [0.1, 0.15) is 12.1 Å². The molecule has 0 saturated carbocycles. The molecule has 2 aromatic rings. The number of ether oxygens (including phenoxy) is 1. The molecular formula is C13H15N3O. The highest BCUT2D eigenvalue weighted by atomic mass is 16.5. The van der Waals surface area contributed by atoms with Crippen molar-refractivity contribution in [2.45, 2.75) is 12.8 Å². The molecule has 3 rings (SSSR count). The van der Waals surface area contributed by atoms with Gasteiger partial charge in [0.25, 0.3) is 0 Å². The predicted octanol–water partition coefficient (Wildman–Crippen LogP) is 2.24. The van der Waals surface area contributed by atoms with E-state index < -0.39 is 0 Å². The third-order valence-corrected chi connectivity index (χ3v) is 3.07. The number of rotatable bonds is 2. The van der Waals surface area contributed by atoms with E-state index in [2.05, 4.69) is 10.4 Å². The molecule has 0 bridgehead atoms. The van der Waals surface area contributed by atoms with Crippen LogP contribution in [0, 0.1) is 0 Å². The number of nitrogens with zero attached hydrogens (tertiary/aromatic N) is 2. The van der Waals surface area contributed by atoms with Crippen molar-refractivity contribution in [3.8, 4) is 11.4 Å². The van der Waals surface area contributed by atoms with Gasteiger partial charge in [-0.05, 0) is 25.0 Å². The van der Waals surface area contributed by atoms with Crippen molar-refractivity contribution in [2.75, 3.05) is 19.0 Å². The zero-order valence-electron chi connectivity index (χ0n) is 9.81. The summed E-state index contributed by atoms with van der Waals surface area (Å²) in [5.41, 5.74) is 3.46. The van der Waals surface area contributed by atoms with Crippen LogP contribution >= 0.6 is 0 Å². The average molecular weight is 229 g/mol. The van der Waals surface area contributed by atoms with Crippen molar-refractivity contribution in [1.82, 2.24) is 9.78 Å². The number of aromatic nitrogens is 2. The second-order valence-electron chi connectivity index (χ2n) is 4.15. The summed E-state index contributed by atoms with van der Waals surface area (Å²) >= 11 is 0. The number of fused-ring (bicyclic) bond motifs is 1. The first-order valence-electron chi connectivity index (χ1n) is 5.83. The van der Waals surface area contributed by atoms with E-state index in [-0.39, 0.29) is 0 Å². The summed E-state index contributed by atoms with van der Waals surface area (Å²) in [6.07, 6.45) is 4.12. The third kappa shape index (κ3) is 1.75. The maximum atomic E-state index is 5.24. The number of benzene rings is 1. The van der Waals surface area contributed by atoms with E-state index in [1.54, 1.807) is 7.11 Å². The summed E-state index contributed by atoms with van der Waals surface area (Å²) in [5.74, 6) is 0.857. The van der Waals surface area contributed by atoms with Crippen LogP contribution in [0.3, 0.4) is 0 Å². The molecule has 0 spiro atoms. The monoisotopic (exact) mass is 229 g/mol. The first kappa shape index (κ1) is 10.2. The van der Waals surface area contributed by atoms with Gasteiger partial charge in [-0.3, -0.25) is 0 Å². The average Bonchev–Trinajstić information content (AvgIpc) is 2.82. The van der Waals surface area contributed by atoms with Gasteiger partial charge in [0.2, 0.25) is 0 Å². The second kappa shape index (κ2) is 4.13. The van der Waals surface area contributed by atoms with E-state index in [9.17, 15) is 0 Å². The molecule has 4 nitrogen and oxygen atoms in total. The lowest BCUT2D eigenvalue weighted by molar-refractivity contribution is 0.414. The van der Waals surface area contributed by atoms with Gasteiger partial charge in [-0.15, -0.1) is 0 Å². The van der Waals surface area contributed by atoms with Crippen molar-refractivity contribution < 1.29 is 4.74 Å². The second-order valence-corrected chi connectivity index (χ2v) is 4.15. The normalized spacial score (nSPS) is 13.9. The van der Waals surface area contributed by atoms with E-state index in [0.717, 1.165) is 36.5 Å². The minimum absolute atomic E-state index is 0.857. The highest BCUT2D eigenvalue weighted by Crippen LogP contribution is 2.25. The Labute approximate surface area is 100 Å². The van der Waals surface area contributed by atoms with E-state index in [1.807, 2.05) is 35.1 Å². The van der Waals surface area contributed by atoms with Gasteiger partial charge in [0.05, 0.1) is 30.4 Å². The quantitative estimate of drug-likeness (QED) is 0.858. The Balaban J connectivity index is 2.05. The van der Waals surface area contributed by atoms with Crippen LogP contribution in [0.4, 0.5) is 5.69 Å². The molecule has 1 aromatic carbocycles. The van der Waals surface area contributed by atoms with Crippen LogP contribution in [0.15, 0.2) is 30.5 Å². The van der Waals surface area contributed by atoms with Crippen LogP contribution in [0.25, 0.3) is 5.69 Å². The van der Waals surface area contributed by atoms with Crippen molar-refractivity contribution in [3.63, 3.8) is 0 Å². The lowest BCUT2D eigenvalue weighted by Gasteiger charge is -2.15. The maximum absolute atomic E-state index is 5.24. The van der Waals surface area contributed by atoms with Gasteiger partial charge in [0.1, 0.15) is 5.75 Å². The van der Waals surface area contributed by atoms with Crippen molar-refractivity contribution in [3.05, 3.63) is 36.2 Å². The molecule has 1 N–H and O–H groups in total. The molecule has 2 heterocycles. The van der Waals surface area contributed by atoms with Crippen molar-refractivity contribution >= 4 is 5.69 Å². The van der Waals surface area contributed by atoms with Crippen LogP contribution in [-0.2, 0) is 6.42 Å². The first-order chi connectivity index (χ1) is 8.38. The highest BCUT2D eigenvalue weighted by molar-refractivity contribution is 5.52. The van der Waals surface area contributed by atoms with Gasteiger partial charge in [-0.25, -0.2) is 4.68 Å². The van der Waals surface area contributed by atoms with Gasteiger partial charge < -0.3 is 10.1 Å². The molecular weight excluding hydrogens is 214 g/mol. The van der Waals surface area contributed by atoms with E-state index in [1.165, 1.54) is 5.69 Å². The van der Waals surface area contributed by atoms with Gasteiger partial charge in [-0.2, -0.15) is 5.10 Å². The summed E-state index contributed by atoms with van der Waals surface area (Å²) in [4.78, 5) is 0. The molecule has 0 radical (unpaired) electrons.